The molecule has 1 aliphatic rings. The highest BCUT2D eigenvalue weighted by Gasteiger charge is 2.31. The number of fused-ring (bicyclic) bond motifs is 1. The molecule has 0 fully saturated rings. The summed E-state index contributed by atoms with van der Waals surface area (Å²) < 4.78 is 5.18. The Morgan fingerprint density at radius 2 is 2.12 bits per heavy atom. The van der Waals surface area contributed by atoms with E-state index in [9.17, 15) is 9.59 Å². The summed E-state index contributed by atoms with van der Waals surface area (Å²) in [5.41, 5.74) is 1.37. The number of carbonyl (C=O) groups excluding carboxylic acids is 2. The molecule has 0 saturated heterocycles. The third-order valence-corrected chi connectivity index (χ3v) is 2.60. The lowest BCUT2D eigenvalue weighted by atomic mass is 10.0. The van der Waals surface area contributed by atoms with Crippen molar-refractivity contribution in [3.63, 3.8) is 0 Å². The van der Waals surface area contributed by atoms with E-state index in [0.717, 1.165) is 5.56 Å². The Kier molecular flexibility index (Phi) is 3.13. The molecular weight excluding hydrogens is 218 g/mol. The van der Waals surface area contributed by atoms with Gasteiger partial charge in [0.05, 0.1) is 12.0 Å². The second kappa shape index (κ2) is 4.57. The lowest BCUT2D eigenvalue weighted by Gasteiger charge is -2.12. The van der Waals surface area contributed by atoms with Crippen LogP contribution in [0.2, 0.25) is 0 Å². The molecule has 17 heavy (non-hydrogen) atoms. The highest BCUT2D eigenvalue weighted by molar-refractivity contribution is 5.94. The predicted octanol–water partition coefficient (Wildman–Crippen LogP) is 1.81. The number of hydrogen-bond acceptors (Lipinski definition) is 3. The topological polar surface area (TPSA) is 55.4 Å². The standard InChI is InChI=1S/C13H15NO3/c1-8(2)14-12(15)7-11-9-5-3-4-6-10(9)13(16)17-11/h3-6,8,11H,7H2,1-2H3,(H,14,15)/t11-/m0/s1. The van der Waals surface area contributed by atoms with Crippen LogP contribution in [0, 0.1) is 0 Å². The van der Waals surface area contributed by atoms with E-state index in [-0.39, 0.29) is 24.3 Å². The zero-order chi connectivity index (χ0) is 12.4. The second-order valence-corrected chi connectivity index (χ2v) is 4.41. The number of nitrogens with one attached hydrogen (secondary N) is 1. The van der Waals surface area contributed by atoms with Gasteiger partial charge in [0.1, 0.15) is 6.10 Å². The minimum absolute atomic E-state index is 0.0925. The van der Waals surface area contributed by atoms with E-state index in [1.54, 1.807) is 12.1 Å². The Bertz CT molecular complexity index is 454. The number of rotatable bonds is 3. The van der Waals surface area contributed by atoms with Gasteiger partial charge in [-0.2, -0.15) is 0 Å². The van der Waals surface area contributed by atoms with Gasteiger partial charge in [0, 0.05) is 11.6 Å². The Morgan fingerprint density at radius 3 is 2.82 bits per heavy atom. The van der Waals surface area contributed by atoms with Crippen LogP contribution < -0.4 is 5.32 Å². The average molecular weight is 233 g/mol. The lowest BCUT2D eigenvalue weighted by molar-refractivity contribution is -0.123. The highest BCUT2D eigenvalue weighted by atomic mass is 16.5. The second-order valence-electron chi connectivity index (χ2n) is 4.41. The minimum atomic E-state index is -0.447. The van der Waals surface area contributed by atoms with Gasteiger partial charge >= 0.3 is 5.97 Å². The largest absolute Gasteiger partial charge is 0.453 e. The van der Waals surface area contributed by atoms with E-state index < -0.39 is 6.10 Å². The van der Waals surface area contributed by atoms with Gasteiger partial charge in [0.25, 0.3) is 0 Å². The van der Waals surface area contributed by atoms with Crippen LogP contribution in [0.3, 0.4) is 0 Å². The predicted molar refractivity (Wildman–Crippen MR) is 62.5 cm³/mol. The van der Waals surface area contributed by atoms with Crippen LogP contribution in [-0.2, 0) is 9.53 Å². The summed E-state index contributed by atoms with van der Waals surface area (Å²) in [6, 6.07) is 7.27. The van der Waals surface area contributed by atoms with Crippen molar-refractivity contribution in [3.05, 3.63) is 35.4 Å². The monoisotopic (exact) mass is 233 g/mol. The van der Waals surface area contributed by atoms with Crippen molar-refractivity contribution >= 4 is 11.9 Å². The van der Waals surface area contributed by atoms with Crippen molar-refractivity contribution in [3.8, 4) is 0 Å². The lowest BCUT2D eigenvalue weighted by Crippen LogP contribution is -2.31. The molecule has 1 heterocycles. The molecule has 4 heteroatoms. The summed E-state index contributed by atoms with van der Waals surface area (Å²) in [6.07, 6.45) is -0.265. The normalized spacial score (nSPS) is 17.8. The number of esters is 1. The number of benzene rings is 1. The molecule has 0 unspecified atom stereocenters. The molecule has 0 bridgehead atoms. The molecule has 1 amide bonds. The fourth-order valence-corrected chi connectivity index (χ4v) is 1.92. The SMILES string of the molecule is CC(C)NC(=O)C[C@@H]1OC(=O)c2ccccc21. The fraction of sp³-hybridized carbons (Fsp3) is 0.385. The van der Waals surface area contributed by atoms with E-state index >= 15 is 0 Å². The zero-order valence-electron chi connectivity index (χ0n) is 9.90. The van der Waals surface area contributed by atoms with Crippen LogP contribution in [0.15, 0.2) is 24.3 Å². The molecular formula is C13H15NO3. The smallest absolute Gasteiger partial charge is 0.339 e. The van der Waals surface area contributed by atoms with Crippen LogP contribution in [-0.4, -0.2) is 17.9 Å². The summed E-state index contributed by atoms with van der Waals surface area (Å²) in [4.78, 5) is 23.1. The van der Waals surface area contributed by atoms with Crippen LogP contribution >= 0.6 is 0 Å². The van der Waals surface area contributed by atoms with E-state index in [2.05, 4.69) is 5.32 Å². The molecule has 0 radical (unpaired) electrons. The molecule has 1 atom stereocenters. The maximum Gasteiger partial charge on any atom is 0.339 e. The number of amides is 1. The molecule has 0 aliphatic carbocycles. The first-order chi connectivity index (χ1) is 8.08. The van der Waals surface area contributed by atoms with Crippen molar-refractivity contribution in [2.75, 3.05) is 0 Å². The van der Waals surface area contributed by atoms with Crippen LogP contribution in [0.4, 0.5) is 0 Å². The minimum Gasteiger partial charge on any atom is -0.453 e. The van der Waals surface area contributed by atoms with E-state index in [0.29, 0.717) is 5.56 Å². The molecule has 0 saturated carbocycles. The third-order valence-electron chi connectivity index (χ3n) is 2.60. The number of carbonyl (C=O) groups is 2. The van der Waals surface area contributed by atoms with Crippen LogP contribution in [0.25, 0.3) is 0 Å². The van der Waals surface area contributed by atoms with Crippen LogP contribution in [0.1, 0.15) is 42.3 Å². The zero-order valence-corrected chi connectivity index (χ0v) is 9.90. The summed E-state index contributed by atoms with van der Waals surface area (Å²) >= 11 is 0. The molecule has 0 aromatic heterocycles. The van der Waals surface area contributed by atoms with E-state index in [4.69, 9.17) is 4.74 Å². The van der Waals surface area contributed by atoms with Crippen molar-refractivity contribution in [2.45, 2.75) is 32.4 Å². The highest BCUT2D eigenvalue weighted by Crippen LogP contribution is 2.32. The van der Waals surface area contributed by atoms with Gasteiger partial charge in [-0.15, -0.1) is 0 Å². The maximum absolute atomic E-state index is 11.6. The molecule has 1 aromatic carbocycles. The Labute approximate surface area is 100.0 Å². The summed E-state index contributed by atoms with van der Waals surface area (Å²) in [5, 5.41) is 2.79. The van der Waals surface area contributed by atoms with Crippen molar-refractivity contribution < 1.29 is 14.3 Å². The van der Waals surface area contributed by atoms with Gasteiger partial charge in [0.15, 0.2) is 0 Å². The van der Waals surface area contributed by atoms with Crippen molar-refractivity contribution in [1.29, 1.82) is 0 Å². The van der Waals surface area contributed by atoms with Crippen molar-refractivity contribution in [2.24, 2.45) is 0 Å². The third kappa shape index (κ3) is 2.46. The summed E-state index contributed by atoms with van der Waals surface area (Å²) in [5.74, 6) is -0.447. The molecule has 4 nitrogen and oxygen atoms in total. The first kappa shape index (κ1) is 11.6. The first-order valence-corrected chi connectivity index (χ1v) is 5.67. The summed E-state index contributed by atoms with van der Waals surface area (Å²) in [6.45, 7) is 3.79. The van der Waals surface area contributed by atoms with Gasteiger partial charge < -0.3 is 10.1 Å². The average Bonchev–Trinajstić information content (AvgIpc) is 2.55. The Hall–Kier alpha value is -1.84. The van der Waals surface area contributed by atoms with Crippen molar-refractivity contribution in [1.82, 2.24) is 5.32 Å². The molecule has 1 aliphatic heterocycles. The van der Waals surface area contributed by atoms with Gasteiger partial charge in [-0.3, -0.25) is 4.79 Å². The van der Waals surface area contributed by atoms with Gasteiger partial charge in [-0.05, 0) is 19.9 Å². The number of hydrogen-bond donors (Lipinski definition) is 1. The van der Waals surface area contributed by atoms with E-state index in [1.165, 1.54) is 0 Å². The molecule has 0 spiro atoms. The van der Waals surface area contributed by atoms with Crippen LogP contribution in [0.5, 0.6) is 0 Å². The molecule has 2 rings (SSSR count). The molecule has 90 valence electrons. The first-order valence-electron chi connectivity index (χ1n) is 5.67. The van der Waals surface area contributed by atoms with Gasteiger partial charge in [0.2, 0.25) is 5.91 Å². The number of ether oxygens (including phenoxy) is 1. The Balaban J connectivity index is 2.10. The van der Waals surface area contributed by atoms with E-state index in [1.807, 2.05) is 26.0 Å². The quantitative estimate of drug-likeness (QED) is 0.810. The maximum atomic E-state index is 11.6. The number of cyclic esters (lactones) is 1. The van der Waals surface area contributed by atoms with Gasteiger partial charge in [-0.25, -0.2) is 4.79 Å². The van der Waals surface area contributed by atoms with Gasteiger partial charge in [-0.1, -0.05) is 18.2 Å². The molecule has 1 aromatic rings. The molecule has 1 N–H and O–H groups in total. The fourth-order valence-electron chi connectivity index (χ4n) is 1.92. The summed E-state index contributed by atoms with van der Waals surface area (Å²) in [7, 11) is 0. The Morgan fingerprint density at radius 1 is 1.41 bits per heavy atom.